The largest absolute Gasteiger partial charge is 0.305 e. The Hall–Kier alpha value is -1.05. The maximum absolute atomic E-state index is 4.03. The summed E-state index contributed by atoms with van der Waals surface area (Å²) in [5.41, 5.74) is 4.93. The third kappa shape index (κ3) is 1.47. The van der Waals surface area contributed by atoms with Gasteiger partial charge in [-0.15, -0.1) is 0 Å². The van der Waals surface area contributed by atoms with Crippen LogP contribution in [0.25, 0.3) is 0 Å². The zero-order valence-corrected chi connectivity index (χ0v) is 6.22. The van der Waals surface area contributed by atoms with Crippen molar-refractivity contribution in [2.24, 2.45) is 5.10 Å². The molecule has 0 bridgehead atoms. The Morgan fingerprint density at radius 2 is 2.60 bits per heavy atom. The molecule has 0 aromatic carbocycles. The van der Waals surface area contributed by atoms with Gasteiger partial charge in [0, 0.05) is 0 Å². The third-order valence-electron chi connectivity index (χ3n) is 1.37. The Morgan fingerprint density at radius 1 is 1.80 bits per heavy atom. The van der Waals surface area contributed by atoms with Crippen molar-refractivity contribution in [1.82, 2.24) is 5.43 Å². The van der Waals surface area contributed by atoms with Crippen LogP contribution in [0.5, 0.6) is 0 Å². The van der Waals surface area contributed by atoms with Crippen molar-refractivity contribution < 1.29 is 0 Å². The fourth-order valence-corrected chi connectivity index (χ4v) is 0.774. The standard InChI is InChI=1S/C8H12N2/c1-3-4-5-8-7(2)6-9-10-8/h4-5,9H,2-3,6H2,1H3/b5-4+. The van der Waals surface area contributed by atoms with E-state index in [0.717, 1.165) is 24.3 Å². The highest BCUT2D eigenvalue weighted by Crippen LogP contribution is 2.01. The summed E-state index contributed by atoms with van der Waals surface area (Å²) in [6.45, 7) is 6.74. The van der Waals surface area contributed by atoms with Crippen LogP contribution in [0.1, 0.15) is 13.3 Å². The number of nitrogens with zero attached hydrogens (tertiary/aromatic N) is 1. The molecule has 0 atom stereocenters. The number of allylic oxidation sites excluding steroid dienone is 2. The molecule has 2 nitrogen and oxygen atoms in total. The van der Waals surface area contributed by atoms with Gasteiger partial charge in [0.2, 0.25) is 0 Å². The summed E-state index contributed by atoms with van der Waals surface area (Å²) in [7, 11) is 0. The van der Waals surface area contributed by atoms with Crippen molar-refractivity contribution in [2.75, 3.05) is 6.54 Å². The minimum Gasteiger partial charge on any atom is -0.305 e. The molecule has 0 radical (unpaired) electrons. The van der Waals surface area contributed by atoms with Crippen LogP contribution >= 0.6 is 0 Å². The minimum absolute atomic E-state index is 0.795. The quantitative estimate of drug-likeness (QED) is 0.610. The zero-order valence-electron chi connectivity index (χ0n) is 6.22. The summed E-state index contributed by atoms with van der Waals surface area (Å²) in [6.07, 6.45) is 5.13. The third-order valence-corrected chi connectivity index (χ3v) is 1.37. The summed E-state index contributed by atoms with van der Waals surface area (Å²) in [5.74, 6) is 0. The molecule has 2 heteroatoms. The summed E-state index contributed by atoms with van der Waals surface area (Å²) in [5, 5.41) is 4.03. The highest BCUT2D eigenvalue weighted by Gasteiger charge is 2.05. The van der Waals surface area contributed by atoms with Gasteiger partial charge in [0.25, 0.3) is 0 Å². The smallest absolute Gasteiger partial charge is 0.0870 e. The van der Waals surface area contributed by atoms with Crippen LogP contribution in [-0.2, 0) is 0 Å². The fraction of sp³-hybridized carbons (Fsp3) is 0.375. The van der Waals surface area contributed by atoms with Crippen LogP contribution in [0.3, 0.4) is 0 Å². The maximum Gasteiger partial charge on any atom is 0.0870 e. The lowest BCUT2D eigenvalue weighted by Crippen LogP contribution is -1.99. The van der Waals surface area contributed by atoms with E-state index in [1.165, 1.54) is 0 Å². The summed E-state index contributed by atoms with van der Waals surface area (Å²) in [4.78, 5) is 0. The van der Waals surface area contributed by atoms with Gasteiger partial charge in [0.05, 0.1) is 12.3 Å². The monoisotopic (exact) mass is 136 g/mol. The molecule has 0 aromatic heterocycles. The van der Waals surface area contributed by atoms with E-state index in [-0.39, 0.29) is 0 Å². The molecule has 1 rings (SSSR count). The van der Waals surface area contributed by atoms with Gasteiger partial charge in [0.15, 0.2) is 0 Å². The first-order valence-corrected chi connectivity index (χ1v) is 3.50. The maximum atomic E-state index is 4.03. The molecular formula is C8H12N2. The van der Waals surface area contributed by atoms with Gasteiger partial charge in [-0.2, -0.15) is 5.10 Å². The molecule has 0 aromatic rings. The van der Waals surface area contributed by atoms with Crippen LogP contribution in [0.15, 0.2) is 29.4 Å². The molecule has 1 N–H and O–H groups in total. The van der Waals surface area contributed by atoms with E-state index in [2.05, 4.69) is 30.1 Å². The molecule has 0 amide bonds. The van der Waals surface area contributed by atoms with Gasteiger partial charge in [-0.25, -0.2) is 0 Å². The topological polar surface area (TPSA) is 24.4 Å². The molecule has 10 heavy (non-hydrogen) atoms. The second kappa shape index (κ2) is 3.20. The molecular weight excluding hydrogens is 124 g/mol. The molecule has 0 unspecified atom stereocenters. The lowest BCUT2D eigenvalue weighted by Gasteiger charge is -1.88. The highest BCUT2D eigenvalue weighted by molar-refractivity contribution is 6.09. The first-order valence-electron chi connectivity index (χ1n) is 3.50. The van der Waals surface area contributed by atoms with Crippen molar-refractivity contribution in [3.8, 4) is 0 Å². The van der Waals surface area contributed by atoms with E-state index in [4.69, 9.17) is 0 Å². The van der Waals surface area contributed by atoms with Crippen LogP contribution in [0.2, 0.25) is 0 Å². The SMILES string of the molecule is C=C1CNN=C1/C=C/CC. The van der Waals surface area contributed by atoms with Crippen molar-refractivity contribution in [2.45, 2.75) is 13.3 Å². The van der Waals surface area contributed by atoms with E-state index in [0.29, 0.717) is 0 Å². The molecule has 1 aliphatic rings. The molecule has 0 saturated heterocycles. The van der Waals surface area contributed by atoms with E-state index in [1.807, 2.05) is 6.08 Å². The molecule has 1 heterocycles. The van der Waals surface area contributed by atoms with Gasteiger partial charge >= 0.3 is 0 Å². The number of hydrogen-bond acceptors (Lipinski definition) is 2. The molecule has 0 spiro atoms. The Balaban J connectivity index is 2.55. The first kappa shape index (κ1) is 7.06. The van der Waals surface area contributed by atoms with Crippen molar-refractivity contribution >= 4 is 5.71 Å². The van der Waals surface area contributed by atoms with Gasteiger partial charge < -0.3 is 5.43 Å². The van der Waals surface area contributed by atoms with Gasteiger partial charge in [0.1, 0.15) is 0 Å². The predicted molar refractivity (Wildman–Crippen MR) is 44.0 cm³/mol. The van der Waals surface area contributed by atoms with Crippen LogP contribution in [0, 0.1) is 0 Å². The Bertz CT molecular complexity index is 189. The number of nitrogens with one attached hydrogen (secondary N) is 1. The Labute approximate surface area is 61.3 Å². The normalized spacial score (nSPS) is 17.7. The zero-order chi connectivity index (χ0) is 7.40. The van der Waals surface area contributed by atoms with E-state index >= 15 is 0 Å². The van der Waals surface area contributed by atoms with Crippen molar-refractivity contribution in [1.29, 1.82) is 0 Å². The van der Waals surface area contributed by atoms with E-state index in [1.54, 1.807) is 0 Å². The van der Waals surface area contributed by atoms with Crippen LogP contribution < -0.4 is 5.43 Å². The average molecular weight is 136 g/mol. The molecule has 0 saturated carbocycles. The second-order valence-corrected chi connectivity index (χ2v) is 2.25. The molecule has 0 aliphatic carbocycles. The van der Waals surface area contributed by atoms with Gasteiger partial charge in [-0.3, -0.25) is 0 Å². The van der Waals surface area contributed by atoms with Crippen molar-refractivity contribution in [3.63, 3.8) is 0 Å². The summed E-state index contributed by atoms with van der Waals surface area (Å²) >= 11 is 0. The van der Waals surface area contributed by atoms with Gasteiger partial charge in [-0.1, -0.05) is 19.6 Å². The van der Waals surface area contributed by atoms with Gasteiger partial charge in [-0.05, 0) is 18.1 Å². The molecule has 0 fully saturated rings. The Kier molecular flexibility index (Phi) is 2.26. The fourth-order valence-electron chi connectivity index (χ4n) is 0.774. The summed E-state index contributed by atoms with van der Waals surface area (Å²) < 4.78 is 0. The van der Waals surface area contributed by atoms with Crippen molar-refractivity contribution in [3.05, 3.63) is 24.3 Å². The highest BCUT2D eigenvalue weighted by atomic mass is 15.3. The van der Waals surface area contributed by atoms with Crippen LogP contribution in [-0.4, -0.2) is 12.3 Å². The van der Waals surface area contributed by atoms with E-state index in [9.17, 15) is 0 Å². The molecule has 54 valence electrons. The van der Waals surface area contributed by atoms with Crippen LogP contribution in [0.4, 0.5) is 0 Å². The van der Waals surface area contributed by atoms with E-state index < -0.39 is 0 Å². The first-order chi connectivity index (χ1) is 4.84. The lowest BCUT2D eigenvalue weighted by molar-refractivity contribution is 0.856. The minimum atomic E-state index is 0.795. The summed E-state index contributed by atoms with van der Waals surface area (Å²) in [6, 6.07) is 0. The number of hydrogen-bond donors (Lipinski definition) is 1. The second-order valence-electron chi connectivity index (χ2n) is 2.25. The molecule has 1 aliphatic heterocycles. The Morgan fingerprint density at radius 3 is 3.10 bits per heavy atom. The number of hydrazone groups is 1. The predicted octanol–water partition coefficient (Wildman–Crippen LogP) is 1.47. The number of rotatable bonds is 2. The lowest BCUT2D eigenvalue weighted by atomic mass is 10.2. The average Bonchev–Trinajstić information content (AvgIpc) is 2.31.